The Hall–Kier alpha value is -1.31. The van der Waals surface area contributed by atoms with E-state index in [2.05, 4.69) is 32.0 Å². The van der Waals surface area contributed by atoms with Crippen molar-refractivity contribution in [2.45, 2.75) is 46.0 Å². The van der Waals surface area contributed by atoms with Crippen molar-refractivity contribution in [3.63, 3.8) is 0 Å². The number of aryl methyl sites for hydroxylation is 2. The van der Waals surface area contributed by atoms with Gasteiger partial charge in [0.15, 0.2) is 0 Å². The van der Waals surface area contributed by atoms with E-state index in [-0.39, 0.29) is 11.8 Å². The van der Waals surface area contributed by atoms with E-state index in [0.717, 1.165) is 12.0 Å². The summed E-state index contributed by atoms with van der Waals surface area (Å²) in [5.74, 6) is -0.746. The first-order valence-corrected chi connectivity index (χ1v) is 5.68. The van der Waals surface area contributed by atoms with Crippen molar-refractivity contribution in [1.29, 1.82) is 0 Å². The van der Waals surface area contributed by atoms with E-state index in [0.29, 0.717) is 0 Å². The molecule has 0 saturated carbocycles. The van der Waals surface area contributed by atoms with Crippen LogP contribution < -0.4 is 0 Å². The van der Waals surface area contributed by atoms with E-state index in [9.17, 15) is 4.79 Å². The number of rotatable bonds is 4. The molecule has 0 radical (unpaired) electrons. The van der Waals surface area contributed by atoms with Crippen molar-refractivity contribution < 1.29 is 9.90 Å². The molecule has 0 amide bonds. The van der Waals surface area contributed by atoms with Crippen LogP contribution in [0.25, 0.3) is 0 Å². The van der Waals surface area contributed by atoms with Crippen molar-refractivity contribution in [1.82, 2.24) is 0 Å². The molecule has 0 fully saturated rings. The predicted octanol–water partition coefficient (Wildman–Crippen LogP) is 3.31. The molecule has 0 heterocycles. The van der Waals surface area contributed by atoms with Gasteiger partial charge in [-0.3, -0.25) is 4.79 Å². The second-order valence-electron chi connectivity index (χ2n) is 5.02. The number of hydrogen-bond acceptors (Lipinski definition) is 1. The van der Waals surface area contributed by atoms with Crippen LogP contribution in [0.3, 0.4) is 0 Å². The fourth-order valence-electron chi connectivity index (χ4n) is 1.94. The van der Waals surface area contributed by atoms with Gasteiger partial charge in [0.25, 0.3) is 0 Å². The van der Waals surface area contributed by atoms with E-state index in [1.807, 2.05) is 13.8 Å². The molecule has 1 rings (SSSR count). The maximum Gasteiger partial charge on any atom is 0.304 e. The summed E-state index contributed by atoms with van der Waals surface area (Å²) in [6.45, 7) is 8.13. The molecule has 2 nitrogen and oxygen atoms in total. The summed E-state index contributed by atoms with van der Waals surface area (Å²) in [5.41, 5.74) is 3.29. The van der Waals surface area contributed by atoms with Crippen LogP contribution in [0.4, 0.5) is 0 Å². The summed E-state index contributed by atoms with van der Waals surface area (Å²) >= 11 is 0. The number of benzene rings is 1. The van der Waals surface area contributed by atoms with Crippen molar-refractivity contribution >= 4 is 5.97 Å². The smallest absolute Gasteiger partial charge is 0.304 e. The molecule has 0 unspecified atom stereocenters. The van der Waals surface area contributed by atoms with Gasteiger partial charge in [-0.05, 0) is 24.5 Å². The molecule has 1 aromatic carbocycles. The molecule has 0 bridgehead atoms. The maximum atomic E-state index is 10.8. The number of hydrogen-bond donors (Lipinski definition) is 1. The lowest BCUT2D eigenvalue weighted by atomic mass is 9.80. The Labute approximate surface area is 97.3 Å². The van der Waals surface area contributed by atoms with Crippen LogP contribution in [0.1, 0.15) is 43.9 Å². The zero-order valence-electron chi connectivity index (χ0n) is 10.5. The quantitative estimate of drug-likeness (QED) is 0.845. The van der Waals surface area contributed by atoms with Crippen LogP contribution in [0, 0.1) is 6.92 Å². The monoisotopic (exact) mass is 220 g/mol. The SMILES string of the molecule is CCc1cc(C)cc(C(C)(C)CC(=O)O)c1. The minimum Gasteiger partial charge on any atom is -0.481 e. The van der Waals surface area contributed by atoms with Gasteiger partial charge in [-0.1, -0.05) is 44.5 Å². The number of carbonyl (C=O) groups is 1. The Morgan fingerprint density at radius 3 is 2.44 bits per heavy atom. The molecule has 0 aliphatic rings. The highest BCUT2D eigenvalue weighted by molar-refractivity contribution is 5.69. The average Bonchev–Trinajstić information content (AvgIpc) is 2.14. The van der Waals surface area contributed by atoms with E-state index in [1.54, 1.807) is 0 Å². The molecule has 88 valence electrons. The summed E-state index contributed by atoms with van der Waals surface area (Å²) in [6.07, 6.45) is 1.15. The second-order valence-corrected chi connectivity index (χ2v) is 5.02. The number of carboxylic acid groups (broad SMARTS) is 1. The van der Waals surface area contributed by atoms with Gasteiger partial charge in [0.2, 0.25) is 0 Å². The molecule has 0 aromatic heterocycles. The van der Waals surface area contributed by atoms with Crippen LogP contribution >= 0.6 is 0 Å². The van der Waals surface area contributed by atoms with E-state index < -0.39 is 5.97 Å². The van der Waals surface area contributed by atoms with Gasteiger partial charge in [0.05, 0.1) is 6.42 Å². The average molecular weight is 220 g/mol. The molecular formula is C14H20O2. The van der Waals surface area contributed by atoms with E-state index >= 15 is 0 Å². The van der Waals surface area contributed by atoms with Crippen LogP contribution in [0.2, 0.25) is 0 Å². The van der Waals surface area contributed by atoms with Crippen molar-refractivity contribution in [3.05, 3.63) is 34.9 Å². The van der Waals surface area contributed by atoms with Crippen LogP contribution in [-0.4, -0.2) is 11.1 Å². The van der Waals surface area contributed by atoms with Gasteiger partial charge >= 0.3 is 5.97 Å². The Kier molecular flexibility index (Phi) is 3.74. The molecular weight excluding hydrogens is 200 g/mol. The van der Waals surface area contributed by atoms with Crippen molar-refractivity contribution in [2.75, 3.05) is 0 Å². The summed E-state index contributed by atoms with van der Waals surface area (Å²) in [7, 11) is 0. The highest BCUT2D eigenvalue weighted by atomic mass is 16.4. The van der Waals surface area contributed by atoms with Gasteiger partial charge in [-0.2, -0.15) is 0 Å². The van der Waals surface area contributed by atoms with Crippen molar-refractivity contribution in [2.24, 2.45) is 0 Å². The highest BCUT2D eigenvalue weighted by Crippen LogP contribution is 2.28. The molecule has 2 heteroatoms. The summed E-state index contributed by atoms with van der Waals surface area (Å²) in [6, 6.07) is 6.36. The first kappa shape index (κ1) is 12.8. The van der Waals surface area contributed by atoms with Gasteiger partial charge in [-0.15, -0.1) is 0 Å². The molecule has 0 atom stereocenters. The second kappa shape index (κ2) is 4.69. The first-order valence-electron chi connectivity index (χ1n) is 5.68. The third kappa shape index (κ3) is 3.09. The lowest BCUT2D eigenvalue weighted by Gasteiger charge is -2.24. The normalized spacial score (nSPS) is 11.5. The maximum absolute atomic E-state index is 10.8. The van der Waals surface area contributed by atoms with Crippen LogP contribution in [0.5, 0.6) is 0 Å². The third-order valence-corrected chi connectivity index (χ3v) is 2.92. The molecule has 0 saturated heterocycles. The Balaban J connectivity index is 3.11. The first-order chi connectivity index (χ1) is 7.35. The minimum absolute atomic E-state index is 0.166. The summed E-state index contributed by atoms with van der Waals surface area (Å²) < 4.78 is 0. The zero-order chi connectivity index (χ0) is 12.3. The number of carboxylic acids is 1. The minimum atomic E-state index is -0.746. The van der Waals surface area contributed by atoms with Crippen molar-refractivity contribution in [3.8, 4) is 0 Å². The molecule has 1 N–H and O–H groups in total. The summed E-state index contributed by atoms with van der Waals surface area (Å²) in [4.78, 5) is 10.8. The van der Waals surface area contributed by atoms with Gasteiger partial charge < -0.3 is 5.11 Å². The molecule has 16 heavy (non-hydrogen) atoms. The molecule has 0 aliphatic heterocycles. The Morgan fingerprint density at radius 2 is 1.94 bits per heavy atom. The predicted molar refractivity (Wildman–Crippen MR) is 65.8 cm³/mol. The van der Waals surface area contributed by atoms with Crippen LogP contribution in [0.15, 0.2) is 18.2 Å². The standard InChI is InChI=1S/C14H20O2/c1-5-11-6-10(2)7-12(8-11)14(3,4)9-13(15)16/h6-8H,5,9H2,1-4H3,(H,15,16). The van der Waals surface area contributed by atoms with Gasteiger partial charge in [-0.25, -0.2) is 0 Å². The van der Waals surface area contributed by atoms with Gasteiger partial charge in [0.1, 0.15) is 0 Å². The fourth-order valence-corrected chi connectivity index (χ4v) is 1.94. The zero-order valence-corrected chi connectivity index (χ0v) is 10.5. The summed E-state index contributed by atoms with van der Waals surface area (Å²) in [5, 5.41) is 8.91. The third-order valence-electron chi connectivity index (χ3n) is 2.92. The molecule has 1 aromatic rings. The van der Waals surface area contributed by atoms with E-state index in [4.69, 9.17) is 5.11 Å². The van der Waals surface area contributed by atoms with E-state index in [1.165, 1.54) is 11.1 Å². The molecule has 0 spiro atoms. The Bertz CT molecular complexity index is 392. The lowest BCUT2D eigenvalue weighted by molar-refractivity contribution is -0.138. The largest absolute Gasteiger partial charge is 0.481 e. The Morgan fingerprint density at radius 1 is 1.31 bits per heavy atom. The van der Waals surface area contributed by atoms with Crippen LogP contribution in [-0.2, 0) is 16.6 Å². The lowest BCUT2D eigenvalue weighted by Crippen LogP contribution is -2.22. The highest BCUT2D eigenvalue weighted by Gasteiger charge is 2.24. The van der Waals surface area contributed by atoms with Gasteiger partial charge in [0, 0.05) is 5.41 Å². The fraction of sp³-hybridized carbons (Fsp3) is 0.500. The molecule has 0 aliphatic carbocycles. The number of aliphatic carboxylic acids is 1. The topological polar surface area (TPSA) is 37.3 Å².